The van der Waals surface area contributed by atoms with E-state index in [1.54, 1.807) is 18.7 Å². The second kappa shape index (κ2) is 4.15. The molecule has 0 N–H and O–H groups in total. The van der Waals surface area contributed by atoms with Gasteiger partial charge in [0.15, 0.2) is 11.3 Å². The van der Waals surface area contributed by atoms with E-state index >= 15 is 0 Å². The number of aromatic nitrogens is 4. The first-order valence-electron chi connectivity index (χ1n) is 4.61. The minimum Gasteiger partial charge on any atom is -0.380 e. The van der Waals surface area contributed by atoms with Crippen molar-refractivity contribution < 1.29 is 4.74 Å². The average Bonchev–Trinajstić information content (AvgIpc) is 2.63. The molecule has 5 heteroatoms. The van der Waals surface area contributed by atoms with Crippen LogP contribution >= 0.6 is 0 Å². The number of hydrogen-bond acceptors (Lipinski definition) is 4. The largest absolute Gasteiger partial charge is 0.380 e. The molecule has 0 aromatic carbocycles. The fourth-order valence-electron chi connectivity index (χ4n) is 1.27. The minimum atomic E-state index is 0.679. The number of imidazole rings is 1. The lowest BCUT2D eigenvalue weighted by atomic mass is 10.6. The summed E-state index contributed by atoms with van der Waals surface area (Å²) in [6.07, 6.45) is 5.05. The zero-order valence-electron chi connectivity index (χ0n) is 8.05. The van der Waals surface area contributed by atoms with E-state index in [1.165, 1.54) is 0 Å². The van der Waals surface area contributed by atoms with Crippen LogP contribution in [-0.4, -0.2) is 32.7 Å². The van der Waals surface area contributed by atoms with E-state index < -0.39 is 0 Å². The molecule has 0 atom stereocenters. The molecule has 0 unspecified atom stereocenters. The van der Waals surface area contributed by atoms with E-state index in [0.29, 0.717) is 12.3 Å². The standard InChI is InChI=1S/C9H12N4O/c1-2-14-6-5-13-7-12-8-9(13)11-4-3-10-8/h3-4,7H,2,5-6H2,1H3. The predicted molar refractivity (Wildman–Crippen MR) is 51.8 cm³/mol. The Hall–Kier alpha value is -1.49. The Morgan fingerprint density at radius 3 is 3.00 bits per heavy atom. The zero-order chi connectivity index (χ0) is 9.80. The molecule has 2 aromatic heterocycles. The molecule has 0 spiro atoms. The van der Waals surface area contributed by atoms with Gasteiger partial charge in [0, 0.05) is 25.5 Å². The van der Waals surface area contributed by atoms with Gasteiger partial charge in [0.05, 0.1) is 12.9 Å². The third kappa shape index (κ3) is 1.72. The van der Waals surface area contributed by atoms with Crippen LogP contribution in [0.25, 0.3) is 11.3 Å². The fraction of sp³-hybridized carbons (Fsp3) is 0.444. The van der Waals surface area contributed by atoms with Crippen molar-refractivity contribution >= 4 is 11.3 Å². The Morgan fingerprint density at radius 2 is 2.14 bits per heavy atom. The average molecular weight is 192 g/mol. The van der Waals surface area contributed by atoms with Gasteiger partial charge in [0.1, 0.15) is 0 Å². The van der Waals surface area contributed by atoms with Crippen LogP contribution in [0.5, 0.6) is 0 Å². The van der Waals surface area contributed by atoms with Gasteiger partial charge < -0.3 is 9.30 Å². The lowest BCUT2D eigenvalue weighted by Crippen LogP contribution is -2.05. The zero-order valence-corrected chi connectivity index (χ0v) is 8.05. The first kappa shape index (κ1) is 9.08. The second-order valence-corrected chi connectivity index (χ2v) is 2.84. The molecule has 0 fully saturated rings. The topological polar surface area (TPSA) is 52.8 Å². The highest BCUT2D eigenvalue weighted by atomic mass is 16.5. The van der Waals surface area contributed by atoms with Crippen LogP contribution in [0.4, 0.5) is 0 Å². The molecule has 2 aromatic rings. The van der Waals surface area contributed by atoms with Crippen molar-refractivity contribution in [2.24, 2.45) is 0 Å². The van der Waals surface area contributed by atoms with Crippen LogP contribution in [0.15, 0.2) is 18.7 Å². The first-order valence-corrected chi connectivity index (χ1v) is 4.61. The van der Waals surface area contributed by atoms with Crippen LogP contribution in [0, 0.1) is 0 Å². The van der Waals surface area contributed by atoms with Crippen molar-refractivity contribution in [2.75, 3.05) is 13.2 Å². The number of nitrogens with zero attached hydrogens (tertiary/aromatic N) is 4. The Kier molecular flexibility index (Phi) is 2.69. The Morgan fingerprint density at radius 1 is 1.29 bits per heavy atom. The molecule has 2 rings (SSSR count). The van der Waals surface area contributed by atoms with Gasteiger partial charge in [-0.2, -0.15) is 0 Å². The van der Waals surface area contributed by atoms with E-state index in [-0.39, 0.29) is 0 Å². The van der Waals surface area contributed by atoms with Crippen LogP contribution in [-0.2, 0) is 11.3 Å². The van der Waals surface area contributed by atoms with Crippen molar-refractivity contribution in [2.45, 2.75) is 13.5 Å². The predicted octanol–water partition coefficient (Wildman–Crippen LogP) is 0.863. The highest BCUT2D eigenvalue weighted by Gasteiger charge is 2.02. The summed E-state index contributed by atoms with van der Waals surface area (Å²) < 4.78 is 7.20. The summed E-state index contributed by atoms with van der Waals surface area (Å²) in [4.78, 5) is 12.4. The lowest BCUT2D eigenvalue weighted by molar-refractivity contribution is 0.139. The molecule has 74 valence electrons. The monoisotopic (exact) mass is 192 g/mol. The molecule has 5 nitrogen and oxygen atoms in total. The maximum atomic E-state index is 5.26. The van der Waals surface area contributed by atoms with Gasteiger partial charge in [-0.25, -0.2) is 15.0 Å². The Balaban J connectivity index is 2.17. The van der Waals surface area contributed by atoms with E-state index in [1.807, 2.05) is 11.5 Å². The van der Waals surface area contributed by atoms with Crippen molar-refractivity contribution in [3.63, 3.8) is 0 Å². The van der Waals surface area contributed by atoms with Crippen LogP contribution in [0.3, 0.4) is 0 Å². The lowest BCUT2D eigenvalue weighted by Gasteiger charge is -2.02. The summed E-state index contributed by atoms with van der Waals surface area (Å²) >= 11 is 0. The number of rotatable bonds is 4. The Labute approximate surface area is 81.8 Å². The molecular weight excluding hydrogens is 180 g/mol. The number of fused-ring (bicyclic) bond motifs is 1. The van der Waals surface area contributed by atoms with Gasteiger partial charge in [-0.15, -0.1) is 0 Å². The van der Waals surface area contributed by atoms with Crippen molar-refractivity contribution in [3.05, 3.63) is 18.7 Å². The highest BCUT2D eigenvalue weighted by Crippen LogP contribution is 2.04. The van der Waals surface area contributed by atoms with Gasteiger partial charge in [-0.05, 0) is 6.92 Å². The van der Waals surface area contributed by atoms with Crippen molar-refractivity contribution in [1.82, 2.24) is 19.5 Å². The number of hydrogen-bond donors (Lipinski definition) is 0. The molecule has 14 heavy (non-hydrogen) atoms. The maximum Gasteiger partial charge on any atom is 0.197 e. The fourth-order valence-corrected chi connectivity index (χ4v) is 1.27. The highest BCUT2D eigenvalue weighted by molar-refractivity contribution is 5.64. The molecule has 0 amide bonds. The van der Waals surface area contributed by atoms with Gasteiger partial charge in [-0.1, -0.05) is 0 Å². The molecular formula is C9H12N4O. The summed E-state index contributed by atoms with van der Waals surface area (Å²) in [5, 5.41) is 0. The van der Waals surface area contributed by atoms with Crippen LogP contribution in [0.1, 0.15) is 6.92 Å². The molecule has 0 bridgehead atoms. The summed E-state index contributed by atoms with van der Waals surface area (Å²) in [7, 11) is 0. The molecule has 0 aliphatic rings. The van der Waals surface area contributed by atoms with Gasteiger partial charge >= 0.3 is 0 Å². The van der Waals surface area contributed by atoms with E-state index in [4.69, 9.17) is 4.74 Å². The van der Waals surface area contributed by atoms with Gasteiger partial charge in [0.25, 0.3) is 0 Å². The molecule has 0 radical (unpaired) electrons. The van der Waals surface area contributed by atoms with Gasteiger partial charge in [-0.3, -0.25) is 0 Å². The quantitative estimate of drug-likeness (QED) is 0.674. The third-order valence-corrected chi connectivity index (χ3v) is 1.93. The summed E-state index contributed by atoms with van der Waals surface area (Å²) in [6, 6.07) is 0. The van der Waals surface area contributed by atoms with Crippen LogP contribution < -0.4 is 0 Å². The molecule has 0 aliphatic heterocycles. The molecule has 0 saturated carbocycles. The third-order valence-electron chi connectivity index (χ3n) is 1.93. The SMILES string of the molecule is CCOCCn1cnc2nccnc21. The number of ether oxygens (including phenoxy) is 1. The van der Waals surface area contributed by atoms with Crippen molar-refractivity contribution in [3.8, 4) is 0 Å². The van der Waals surface area contributed by atoms with E-state index in [2.05, 4.69) is 15.0 Å². The second-order valence-electron chi connectivity index (χ2n) is 2.84. The normalized spacial score (nSPS) is 10.9. The van der Waals surface area contributed by atoms with Gasteiger partial charge in [0.2, 0.25) is 0 Å². The first-order chi connectivity index (χ1) is 6.92. The summed E-state index contributed by atoms with van der Waals surface area (Å²) in [5.41, 5.74) is 1.50. The smallest absolute Gasteiger partial charge is 0.197 e. The van der Waals surface area contributed by atoms with Crippen LogP contribution in [0.2, 0.25) is 0 Å². The summed E-state index contributed by atoms with van der Waals surface area (Å²) in [5.74, 6) is 0. The van der Waals surface area contributed by atoms with E-state index in [9.17, 15) is 0 Å². The molecule has 0 saturated heterocycles. The maximum absolute atomic E-state index is 5.26. The molecule has 2 heterocycles. The summed E-state index contributed by atoms with van der Waals surface area (Å²) in [6.45, 7) is 4.16. The minimum absolute atomic E-state index is 0.679. The van der Waals surface area contributed by atoms with E-state index in [0.717, 1.165) is 18.8 Å². The Bertz CT molecular complexity index is 412. The van der Waals surface area contributed by atoms with Crippen molar-refractivity contribution in [1.29, 1.82) is 0 Å². The molecule has 0 aliphatic carbocycles.